The van der Waals surface area contributed by atoms with E-state index in [2.05, 4.69) is 131 Å². The molecular weight excluding hydrogens is 539 g/mol. The highest BCUT2D eigenvalue weighted by Crippen LogP contribution is 2.39. The first-order chi connectivity index (χ1) is 21.2. The van der Waals surface area contributed by atoms with Crippen LogP contribution in [0.2, 0.25) is 0 Å². The van der Waals surface area contributed by atoms with Gasteiger partial charge in [0, 0.05) is 22.1 Å². The van der Waals surface area contributed by atoms with Crippen molar-refractivity contribution in [1.82, 2.24) is 19.3 Å². The predicted molar refractivity (Wildman–Crippen MR) is 185 cm³/mol. The van der Waals surface area contributed by atoms with Gasteiger partial charge in [0.1, 0.15) is 11.4 Å². The summed E-state index contributed by atoms with van der Waals surface area (Å²) in [6, 6.07) is 23.9. The predicted octanol–water partition coefficient (Wildman–Crippen LogP) is 8.03. The SMILES string of the molecule is Cc1ccc2c(n1)oc1c(-c3nc4c(n3-c3c(C(C)C)cccc3C(C)C)B(c3c(C)cccc3C)N(C)C=C4)cccc12. The molecule has 4 heterocycles. The second-order valence-electron chi connectivity index (χ2n) is 12.9. The molecule has 0 unspecified atom stereocenters. The second kappa shape index (κ2) is 10.5. The monoisotopic (exact) mass is 578 g/mol. The molecule has 6 aromatic rings. The van der Waals surface area contributed by atoms with Crippen LogP contribution in [0.5, 0.6) is 0 Å². The van der Waals surface area contributed by atoms with Gasteiger partial charge < -0.3 is 13.8 Å². The summed E-state index contributed by atoms with van der Waals surface area (Å²) >= 11 is 0. The molecule has 7 rings (SSSR count). The number of para-hydroxylation sites is 2. The summed E-state index contributed by atoms with van der Waals surface area (Å²) in [4.78, 5) is 12.5. The fourth-order valence-corrected chi connectivity index (χ4v) is 7.03. The Bertz CT molecular complexity index is 2050. The third kappa shape index (κ3) is 4.30. The van der Waals surface area contributed by atoms with E-state index in [4.69, 9.17) is 14.4 Å². The Balaban J connectivity index is 1.65. The smallest absolute Gasteiger partial charge is 0.344 e. The van der Waals surface area contributed by atoms with Crippen LogP contribution in [0.15, 0.2) is 77.3 Å². The van der Waals surface area contributed by atoms with Crippen LogP contribution in [0.1, 0.15) is 73.2 Å². The number of pyridine rings is 1. The Hall–Kier alpha value is -4.58. The first-order valence-corrected chi connectivity index (χ1v) is 15.7. The lowest BCUT2D eigenvalue weighted by Crippen LogP contribution is -2.59. The average Bonchev–Trinajstić information content (AvgIpc) is 3.55. The molecule has 220 valence electrons. The number of hydrogen-bond donors (Lipinski definition) is 0. The van der Waals surface area contributed by atoms with Crippen LogP contribution in [0.25, 0.3) is 45.2 Å². The first-order valence-electron chi connectivity index (χ1n) is 15.7. The molecule has 0 fully saturated rings. The molecule has 0 N–H and O–H groups in total. The fraction of sp³-hybridized carbons (Fsp3) is 0.263. The number of imidazole rings is 1. The number of benzene rings is 3. The van der Waals surface area contributed by atoms with Gasteiger partial charge >= 0.3 is 6.85 Å². The van der Waals surface area contributed by atoms with Gasteiger partial charge in [-0.3, -0.25) is 0 Å². The fourth-order valence-electron chi connectivity index (χ4n) is 7.03. The zero-order chi connectivity index (χ0) is 30.9. The van der Waals surface area contributed by atoms with Gasteiger partial charge in [0.25, 0.3) is 0 Å². The van der Waals surface area contributed by atoms with Crippen molar-refractivity contribution in [3.63, 3.8) is 0 Å². The van der Waals surface area contributed by atoms with Gasteiger partial charge in [-0.05, 0) is 86.7 Å². The topological polar surface area (TPSA) is 47.1 Å². The summed E-state index contributed by atoms with van der Waals surface area (Å²) in [6.45, 7) is 15.6. The Morgan fingerprint density at radius 2 is 1.41 bits per heavy atom. The zero-order valence-electron chi connectivity index (χ0n) is 26.9. The van der Waals surface area contributed by atoms with Crippen molar-refractivity contribution in [2.24, 2.45) is 0 Å². The summed E-state index contributed by atoms with van der Waals surface area (Å²) in [6.07, 6.45) is 4.34. The minimum Gasteiger partial charge on any atom is -0.437 e. The van der Waals surface area contributed by atoms with E-state index >= 15 is 0 Å². The standard InChI is InChI=1S/C38H39BN4O/c1-22(2)27-14-10-15-28(23(3)4)34(27)43-36-32(20-21-42(8)39(36)33-24(5)12-9-13-25(33)6)41-37(43)31-17-11-16-29-30-19-18-26(7)40-38(30)44-35(29)31/h9-23H,1-8H3. The van der Waals surface area contributed by atoms with Crippen LogP contribution in [0.4, 0.5) is 0 Å². The molecule has 5 nitrogen and oxygen atoms in total. The van der Waals surface area contributed by atoms with Gasteiger partial charge in [-0.25, -0.2) is 9.97 Å². The van der Waals surface area contributed by atoms with Gasteiger partial charge in [0.05, 0.1) is 16.9 Å². The van der Waals surface area contributed by atoms with Crippen molar-refractivity contribution < 1.29 is 4.42 Å². The van der Waals surface area contributed by atoms with Crippen molar-refractivity contribution in [3.8, 4) is 17.1 Å². The normalized spacial score (nSPS) is 13.2. The molecule has 0 saturated carbocycles. The highest BCUT2D eigenvalue weighted by atomic mass is 16.3. The lowest BCUT2D eigenvalue weighted by atomic mass is 9.48. The highest BCUT2D eigenvalue weighted by molar-refractivity contribution is 6.84. The molecule has 0 amide bonds. The van der Waals surface area contributed by atoms with E-state index in [1.54, 1.807) is 0 Å². The van der Waals surface area contributed by atoms with Gasteiger partial charge in [-0.1, -0.05) is 87.4 Å². The van der Waals surface area contributed by atoms with E-state index in [0.29, 0.717) is 17.5 Å². The lowest BCUT2D eigenvalue weighted by Gasteiger charge is -2.32. The molecule has 0 spiro atoms. The molecule has 3 aromatic heterocycles. The molecular formula is C38H39BN4O. The molecule has 0 aliphatic carbocycles. The Morgan fingerprint density at radius 3 is 2.09 bits per heavy atom. The van der Waals surface area contributed by atoms with Crippen LogP contribution in [0, 0.1) is 20.8 Å². The number of aryl methyl sites for hydroxylation is 3. The molecule has 3 aromatic carbocycles. The van der Waals surface area contributed by atoms with E-state index in [0.717, 1.165) is 39.1 Å². The lowest BCUT2D eigenvalue weighted by molar-refractivity contribution is 0.653. The minimum absolute atomic E-state index is 0.0168. The van der Waals surface area contributed by atoms with E-state index in [-0.39, 0.29) is 6.85 Å². The number of hydrogen-bond acceptors (Lipinski definition) is 4. The summed E-state index contributed by atoms with van der Waals surface area (Å²) in [5.74, 6) is 1.53. The van der Waals surface area contributed by atoms with Crippen molar-refractivity contribution in [2.45, 2.75) is 60.3 Å². The number of nitrogens with zero attached hydrogens (tertiary/aromatic N) is 4. The van der Waals surface area contributed by atoms with Gasteiger partial charge in [0.15, 0.2) is 0 Å². The van der Waals surface area contributed by atoms with Gasteiger partial charge in [0.2, 0.25) is 5.71 Å². The largest absolute Gasteiger partial charge is 0.437 e. The molecule has 0 atom stereocenters. The van der Waals surface area contributed by atoms with Crippen LogP contribution >= 0.6 is 0 Å². The number of rotatable bonds is 5. The summed E-state index contributed by atoms with van der Waals surface area (Å²) in [5.41, 5.74) is 13.3. The van der Waals surface area contributed by atoms with Crippen LogP contribution in [-0.4, -0.2) is 33.2 Å². The van der Waals surface area contributed by atoms with Gasteiger partial charge in [-0.15, -0.1) is 0 Å². The van der Waals surface area contributed by atoms with Crippen molar-refractivity contribution in [1.29, 1.82) is 0 Å². The maximum absolute atomic E-state index is 6.58. The van der Waals surface area contributed by atoms with E-state index < -0.39 is 0 Å². The first kappa shape index (κ1) is 28.2. The zero-order valence-corrected chi connectivity index (χ0v) is 26.9. The molecule has 0 bridgehead atoms. The van der Waals surface area contributed by atoms with Crippen LogP contribution < -0.4 is 11.1 Å². The van der Waals surface area contributed by atoms with E-state index in [1.165, 1.54) is 39.0 Å². The number of furan rings is 1. The van der Waals surface area contributed by atoms with Crippen molar-refractivity contribution in [2.75, 3.05) is 7.05 Å². The van der Waals surface area contributed by atoms with Crippen molar-refractivity contribution in [3.05, 3.63) is 107 Å². The number of fused-ring (bicyclic) bond motifs is 4. The van der Waals surface area contributed by atoms with E-state index in [1.807, 2.05) is 13.0 Å². The maximum atomic E-state index is 6.58. The maximum Gasteiger partial charge on any atom is 0.344 e. The molecule has 0 radical (unpaired) electrons. The molecule has 1 aliphatic heterocycles. The molecule has 1 aliphatic rings. The molecule has 6 heteroatoms. The summed E-state index contributed by atoms with van der Waals surface area (Å²) < 4.78 is 9.04. The van der Waals surface area contributed by atoms with Crippen LogP contribution in [-0.2, 0) is 0 Å². The van der Waals surface area contributed by atoms with Crippen LogP contribution in [0.3, 0.4) is 0 Å². The Morgan fingerprint density at radius 1 is 0.750 bits per heavy atom. The summed E-state index contributed by atoms with van der Waals surface area (Å²) in [5, 5.41) is 2.08. The van der Waals surface area contributed by atoms with Crippen molar-refractivity contribution >= 4 is 46.0 Å². The molecule has 44 heavy (non-hydrogen) atoms. The third-order valence-corrected chi connectivity index (χ3v) is 9.20. The van der Waals surface area contributed by atoms with Gasteiger partial charge in [-0.2, -0.15) is 0 Å². The third-order valence-electron chi connectivity index (χ3n) is 9.20. The highest BCUT2D eigenvalue weighted by Gasteiger charge is 2.38. The van der Waals surface area contributed by atoms with E-state index in [9.17, 15) is 0 Å². The Kier molecular flexibility index (Phi) is 6.76. The molecule has 0 saturated heterocycles. The summed E-state index contributed by atoms with van der Waals surface area (Å²) in [7, 11) is 2.18. The second-order valence-corrected chi connectivity index (χ2v) is 12.9. The minimum atomic E-state index is -0.0168. The average molecular weight is 579 g/mol. The Labute approximate surface area is 260 Å². The quantitative estimate of drug-likeness (QED) is 0.194. The number of aromatic nitrogens is 3.